The van der Waals surface area contributed by atoms with Gasteiger partial charge in [-0.05, 0) is 23.8 Å². The monoisotopic (exact) mass is 397 g/mol. The standard InChI is InChI=1S/C20H20FN5O3/c1-28-15-4-2-13(3-5-15)14-10-17(19(27)22-11-14)24-18-16(21)12-23-20(25-18)26-6-8-29-9-7-26/h2-5,10-12H,6-9H2,1H3,(H,22,27)(H,23,24,25). The summed E-state index contributed by atoms with van der Waals surface area (Å²) >= 11 is 0. The lowest BCUT2D eigenvalue weighted by Crippen LogP contribution is -2.37. The minimum absolute atomic E-state index is 0.0566. The molecule has 0 saturated carbocycles. The Morgan fingerprint density at radius 3 is 2.69 bits per heavy atom. The Morgan fingerprint density at radius 2 is 1.97 bits per heavy atom. The molecule has 1 saturated heterocycles. The molecule has 2 aromatic heterocycles. The minimum atomic E-state index is -0.642. The highest BCUT2D eigenvalue weighted by atomic mass is 19.1. The Balaban J connectivity index is 1.62. The van der Waals surface area contributed by atoms with Crippen LogP contribution in [0.2, 0.25) is 0 Å². The number of nitrogens with zero attached hydrogens (tertiary/aromatic N) is 3. The van der Waals surface area contributed by atoms with Crippen molar-refractivity contribution < 1.29 is 13.9 Å². The van der Waals surface area contributed by atoms with Crippen LogP contribution < -0.4 is 20.5 Å². The Labute approximate surface area is 166 Å². The van der Waals surface area contributed by atoms with Gasteiger partial charge in [-0.25, -0.2) is 9.37 Å². The van der Waals surface area contributed by atoms with Gasteiger partial charge in [0.25, 0.3) is 5.56 Å². The van der Waals surface area contributed by atoms with E-state index in [4.69, 9.17) is 9.47 Å². The molecule has 0 amide bonds. The lowest BCUT2D eigenvalue weighted by Gasteiger charge is -2.26. The molecule has 3 aromatic rings. The molecule has 0 unspecified atom stereocenters. The largest absolute Gasteiger partial charge is 0.497 e. The second-order valence-electron chi connectivity index (χ2n) is 6.45. The molecule has 8 nitrogen and oxygen atoms in total. The van der Waals surface area contributed by atoms with Gasteiger partial charge in [0.2, 0.25) is 5.95 Å². The lowest BCUT2D eigenvalue weighted by molar-refractivity contribution is 0.122. The number of nitrogens with one attached hydrogen (secondary N) is 2. The number of pyridine rings is 1. The van der Waals surface area contributed by atoms with E-state index in [-0.39, 0.29) is 17.1 Å². The number of ether oxygens (including phenoxy) is 2. The molecular formula is C20H20FN5O3. The number of aromatic amines is 1. The number of halogens is 1. The molecule has 0 aliphatic carbocycles. The van der Waals surface area contributed by atoms with Crippen LogP contribution in [-0.4, -0.2) is 48.4 Å². The number of anilines is 3. The fourth-order valence-corrected chi connectivity index (χ4v) is 3.02. The molecule has 0 atom stereocenters. The van der Waals surface area contributed by atoms with Crippen LogP contribution in [0.25, 0.3) is 11.1 Å². The minimum Gasteiger partial charge on any atom is -0.497 e. The first-order valence-corrected chi connectivity index (χ1v) is 9.13. The maximum atomic E-state index is 14.3. The summed E-state index contributed by atoms with van der Waals surface area (Å²) in [6.45, 7) is 2.37. The first-order valence-electron chi connectivity index (χ1n) is 9.13. The molecule has 3 heterocycles. The average Bonchev–Trinajstić information content (AvgIpc) is 2.77. The molecule has 0 radical (unpaired) electrons. The van der Waals surface area contributed by atoms with Gasteiger partial charge in [0.1, 0.15) is 11.4 Å². The topological polar surface area (TPSA) is 92.4 Å². The van der Waals surface area contributed by atoms with Crippen molar-refractivity contribution in [1.29, 1.82) is 0 Å². The Hall–Kier alpha value is -3.46. The molecule has 1 aromatic carbocycles. The van der Waals surface area contributed by atoms with Gasteiger partial charge in [-0.3, -0.25) is 4.79 Å². The fraction of sp³-hybridized carbons (Fsp3) is 0.250. The summed E-state index contributed by atoms with van der Waals surface area (Å²) in [5, 5.41) is 2.80. The van der Waals surface area contributed by atoms with Crippen molar-refractivity contribution in [3.05, 3.63) is 58.9 Å². The Morgan fingerprint density at radius 1 is 1.21 bits per heavy atom. The van der Waals surface area contributed by atoms with Gasteiger partial charge in [-0.15, -0.1) is 0 Å². The maximum Gasteiger partial charge on any atom is 0.271 e. The van der Waals surface area contributed by atoms with Crippen molar-refractivity contribution in [1.82, 2.24) is 15.0 Å². The van der Waals surface area contributed by atoms with Crippen LogP contribution in [0.5, 0.6) is 5.75 Å². The van der Waals surface area contributed by atoms with Crippen LogP contribution in [0.4, 0.5) is 21.8 Å². The molecular weight excluding hydrogens is 377 g/mol. The molecule has 150 valence electrons. The number of benzene rings is 1. The predicted molar refractivity (Wildman–Crippen MR) is 107 cm³/mol. The summed E-state index contributed by atoms with van der Waals surface area (Å²) in [6.07, 6.45) is 2.70. The van der Waals surface area contributed by atoms with Gasteiger partial charge in [0.05, 0.1) is 26.5 Å². The SMILES string of the molecule is COc1ccc(-c2c[nH]c(=O)c(Nc3nc(N4CCOCC4)ncc3F)c2)cc1. The van der Waals surface area contributed by atoms with E-state index in [9.17, 15) is 9.18 Å². The first-order chi connectivity index (χ1) is 14.1. The lowest BCUT2D eigenvalue weighted by atomic mass is 10.1. The number of methoxy groups -OCH3 is 1. The third-order valence-corrected chi connectivity index (χ3v) is 4.60. The average molecular weight is 397 g/mol. The highest BCUT2D eigenvalue weighted by Gasteiger charge is 2.17. The van der Waals surface area contributed by atoms with Crippen molar-refractivity contribution in [3.8, 4) is 16.9 Å². The summed E-state index contributed by atoms with van der Waals surface area (Å²) in [5.74, 6) is 0.422. The van der Waals surface area contributed by atoms with Gasteiger partial charge in [-0.2, -0.15) is 4.98 Å². The smallest absolute Gasteiger partial charge is 0.271 e. The molecule has 0 bridgehead atoms. The summed E-state index contributed by atoms with van der Waals surface area (Å²) in [6, 6.07) is 9.05. The number of rotatable bonds is 5. The zero-order valence-corrected chi connectivity index (χ0v) is 15.8. The highest BCUT2D eigenvalue weighted by Crippen LogP contribution is 2.24. The number of hydrogen-bond acceptors (Lipinski definition) is 7. The van der Waals surface area contributed by atoms with Crippen molar-refractivity contribution in [2.24, 2.45) is 0 Å². The molecule has 4 rings (SSSR count). The van der Waals surface area contributed by atoms with E-state index < -0.39 is 5.82 Å². The highest BCUT2D eigenvalue weighted by molar-refractivity contribution is 5.69. The maximum absolute atomic E-state index is 14.3. The number of hydrogen-bond donors (Lipinski definition) is 2. The number of morpholine rings is 1. The van der Waals surface area contributed by atoms with E-state index in [1.807, 2.05) is 29.2 Å². The van der Waals surface area contributed by atoms with Crippen LogP contribution in [-0.2, 0) is 4.74 Å². The van der Waals surface area contributed by atoms with Crippen LogP contribution in [0.1, 0.15) is 0 Å². The zero-order chi connectivity index (χ0) is 20.2. The fourth-order valence-electron chi connectivity index (χ4n) is 3.02. The van der Waals surface area contributed by atoms with Gasteiger partial charge in [0, 0.05) is 24.8 Å². The van der Waals surface area contributed by atoms with Crippen LogP contribution >= 0.6 is 0 Å². The van der Waals surface area contributed by atoms with Crippen molar-refractivity contribution in [3.63, 3.8) is 0 Å². The molecule has 1 aliphatic rings. The van der Waals surface area contributed by atoms with Crippen LogP contribution in [0.15, 0.2) is 47.5 Å². The van der Waals surface area contributed by atoms with Crippen molar-refractivity contribution in [2.45, 2.75) is 0 Å². The van der Waals surface area contributed by atoms with Gasteiger partial charge >= 0.3 is 0 Å². The third-order valence-electron chi connectivity index (χ3n) is 4.60. The van der Waals surface area contributed by atoms with E-state index in [2.05, 4.69) is 20.3 Å². The zero-order valence-electron chi connectivity index (χ0n) is 15.8. The van der Waals surface area contributed by atoms with Gasteiger partial charge < -0.3 is 24.7 Å². The van der Waals surface area contributed by atoms with Crippen molar-refractivity contribution >= 4 is 17.5 Å². The van der Waals surface area contributed by atoms with E-state index in [0.717, 1.165) is 23.1 Å². The second-order valence-corrected chi connectivity index (χ2v) is 6.45. The molecule has 1 aliphatic heterocycles. The second kappa shape index (κ2) is 8.27. The van der Waals surface area contributed by atoms with E-state index in [1.54, 1.807) is 19.4 Å². The first kappa shape index (κ1) is 18.9. The normalized spacial score (nSPS) is 13.9. The summed E-state index contributed by atoms with van der Waals surface area (Å²) < 4.78 is 24.8. The third kappa shape index (κ3) is 4.19. The quantitative estimate of drug-likeness (QED) is 0.684. The Kier molecular flexibility index (Phi) is 5.39. The van der Waals surface area contributed by atoms with Crippen LogP contribution in [0, 0.1) is 5.82 Å². The summed E-state index contributed by atoms with van der Waals surface area (Å²) in [5.41, 5.74) is 1.44. The predicted octanol–water partition coefficient (Wildman–Crippen LogP) is 2.56. The van der Waals surface area contributed by atoms with Crippen LogP contribution in [0.3, 0.4) is 0 Å². The Bertz CT molecular complexity index is 1050. The molecule has 0 spiro atoms. The molecule has 29 heavy (non-hydrogen) atoms. The van der Waals surface area contributed by atoms with E-state index in [1.165, 1.54) is 0 Å². The number of aromatic nitrogens is 3. The van der Waals surface area contributed by atoms with E-state index in [0.29, 0.717) is 32.3 Å². The number of H-pyrrole nitrogens is 1. The van der Waals surface area contributed by atoms with E-state index >= 15 is 0 Å². The van der Waals surface area contributed by atoms with Gasteiger partial charge in [-0.1, -0.05) is 12.1 Å². The summed E-state index contributed by atoms with van der Waals surface area (Å²) in [7, 11) is 1.60. The van der Waals surface area contributed by atoms with Crippen molar-refractivity contribution in [2.75, 3.05) is 43.6 Å². The van der Waals surface area contributed by atoms with Gasteiger partial charge in [0.15, 0.2) is 11.6 Å². The molecule has 2 N–H and O–H groups in total. The molecule has 1 fully saturated rings. The summed E-state index contributed by atoms with van der Waals surface area (Å²) in [4.78, 5) is 25.2. The molecule has 9 heteroatoms.